The molecule has 1 heterocycles. The number of thiol groups is 1. The number of amides is 1. The molecule has 0 aromatic rings. The monoisotopic (exact) mass is 203 g/mol. The Bertz CT molecular complexity index is 194. The first-order valence-corrected chi connectivity index (χ1v) is 5.21. The molecule has 0 N–H and O–H groups in total. The van der Waals surface area contributed by atoms with E-state index < -0.39 is 0 Å². The minimum Gasteiger partial charge on any atom is -0.372 e. The third-order valence-corrected chi connectivity index (χ3v) is 2.33. The van der Waals surface area contributed by atoms with Crippen molar-refractivity contribution < 1.29 is 9.53 Å². The van der Waals surface area contributed by atoms with Crippen molar-refractivity contribution in [3.63, 3.8) is 0 Å². The lowest BCUT2D eigenvalue weighted by molar-refractivity contribution is -0.145. The average Bonchev–Trinajstić information content (AvgIpc) is 2.03. The number of ether oxygens (including phenoxy) is 1. The van der Waals surface area contributed by atoms with Gasteiger partial charge in [0.25, 0.3) is 0 Å². The zero-order valence-corrected chi connectivity index (χ0v) is 9.14. The lowest BCUT2D eigenvalue weighted by atomic mass is 10.1. The third kappa shape index (κ3) is 3.19. The van der Waals surface area contributed by atoms with Crippen LogP contribution in [0.2, 0.25) is 0 Å². The van der Waals surface area contributed by atoms with E-state index in [0.717, 1.165) is 6.54 Å². The lowest BCUT2D eigenvalue weighted by Crippen LogP contribution is -2.50. The Morgan fingerprint density at radius 1 is 1.62 bits per heavy atom. The number of hydrogen-bond acceptors (Lipinski definition) is 3. The first kappa shape index (κ1) is 10.9. The van der Waals surface area contributed by atoms with Gasteiger partial charge in [0.2, 0.25) is 5.91 Å². The molecule has 1 saturated heterocycles. The number of morpholine rings is 1. The maximum atomic E-state index is 11.5. The quantitative estimate of drug-likeness (QED) is 0.677. The molecule has 0 radical (unpaired) electrons. The molecule has 0 saturated carbocycles. The number of rotatable bonds is 2. The van der Waals surface area contributed by atoms with E-state index in [1.54, 1.807) is 0 Å². The van der Waals surface area contributed by atoms with Crippen molar-refractivity contribution in [2.24, 2.45) is 0 Å². The van der Waals surface area contributed by atoms with Crippen molar-refractivity contribution >= 4 is 18.5 Å². The summed E-state index contributed by atoms with van der Waals surface area (Å²) in [4.78, 5) is 13.4. The average molecular weight is 203 g/mol. The van der Waals surface area contributed by atoms with Crippen LogP contribution in [0, 0.1) is 0 Å². The van der Waals surface area contributed by atoms with Gasteiger partial charge in [0.1, 0.15) is 0 Å². The Morgan fingerprint density at radius 2 is 2.31 bits per heavy atom. The number of carbonyl (C=O) groups is 1. The lowest BCUT2D eigenvalue weighted by Gasteiger charge is -2.38. The number of hydrogen-bond donors (Lipinski definition) is 1. The molecule has 1 amide bonds. The highest BCUT2D eigenvalue weighted by Crippen LogP contribution is 2.16. The van der Waals surface area contributed by atoms with Crippen molar-refractivity contribution in [1.29, 1.82) is 0 Å². The SMILES string of the molecule is CC1(C)CN(C(=O)CCS)CCO1. The fraction of sp³-hybridized carbons (Fsp3) is 0.889. The van der Waals surface area contributed by atoms with E-state index in [-0.39, 0.29) is 11.5 Å². The Morgan fingerprint density at radius 3 is 2.85 bits per heavy atom. The number of carbonyl (C=O) groups excluding carboxylic acids is 1. The summed E-state index contributed by atoms with van der Waals surface area (Å²) in [6.07, 6.45) is 0.527. The van der Waals surface area contributed by atoms with Crippen LogP contribution < -0.4 is 0 Å². The summed E-state index contributed by atoms with van der Waals surface area (Å²) in [5.41, 5.74) is -0.190. The molecule has 0 aromatic heterocycles. The van der Waals surface area contributed by atoms with Crippen LogP contribution in [0.4, 0.5) is 0 Å². The highest BCUT2D eigenvalue weighted by atomic mass is 32.1. The summed E-state index contributed by atoms with van der Waals surface area (Å²) in [5.74, 6) is 0.808. The van der Waals surface area contributed by atoms with Crippen LogP contribution in [0.3, 0.4) is 0 Å². The van der Waals surface area contributed by atoms with Gasteiger partial charge in [-0.05, 0) is 19.6 Å². The zero-order chi connectivity index (χ0) is 9.90. The Balaban J connectivity index is 2.47. The smallest absolute Gasteiger partial charge is 0.223 e. The summed E-state index contributed by atoms with van der Waals surface area (Å²) in [6.45, 7) is 6.07. The predicted molar refractivity (Wildman–Crippen MR) is 55.1 cm³/mol. The van der Waals surface area contributed by atoms with Crippen molar-refractivity contribution in [2.75, 3.05) is 25.4 Å². The maximum Gasteiger partial charge on any atom is 0.223 e. The molecule has 76 valence electrons. The van der Waals surface area contributed by atoms with Gasteiger partial charge in [0.05, 0.1) is 12.2 Å². The van der Waals surface area contributed by atoms with Crippen molar-refractivity contribution in [3.8, 4) is 0 Å². The van der Waals surface area contributed by atoms with E-state index in [1.165, 1.54) is 0 Å². The fourth-order valence-corrected chi connectivity index (χ4v) is 1.67. The van der Waals surface area contributed by atoms with Gasteiger partial charge < -0.3 is 9.64 Å². The second kappa shape index (κ2) is 4.33. The molecule has 4 heteroatoms. The summed E-state index contributed by atoms with van der Waals surface area (Å²) in [6, 6.07) is 0. The summed E-state index contributed by atoms with van der Waals surface area (Å²) in [5, 5.41) is 0. The molecular formula is C9H17NO2S. The molecule has 13 heavy (non-hydrogen) atoms. The van der Waals surface area contributed by atoms with Gasteiger partial charge >= 0.3 is 0 Å². The summed E-state index contributed by atoms with van der Waals surface area (Å²) in [7, 11) is 0. The second-order valence-electron chi connectivity index (χ2n) is 3.90. The zero-order valence-electron chi connectivity index (χ0n) is 8.25. The first-order valence-electron chi connectivity index (χ1n) is 4.58. The second-order valence-corrected chi connectivity index (χ2v) is 4.34. The van der Waals surface area contributed by atoms with E-state index in [1.807, 2.05) is 18.7 Å². The normalized spacial score (nSPS) is 21.6. The van der Waals surface area contributed by atoms with Crippen LogP contribution in [-0.2, 0) is 9.53 Å². The van der Waals surface area contributed by atoms with Gasteiger partial charge in [-0.2, -0.15) is 12.6 Å². The van der Waals surface area contributed by atoms with Gasteiger partial charge in [-0.15, -0.1) is 0 Å². The minimum atomic E-state index is -0.190. The van der Waals surface area contributed by atoms with E-state index in [0.29, 0.717) is 25.3 Å². The van der Waals surface area contributed by atoms with Gasteiger partial charge in [-0.1, -0.05) is 0 Å². The Hall–Kier alpha value is -0.220. The molecule has 0 spiro atoms. The largest absolute Gasteiger partial charge is 0.372 e. The summed E-state index contributed by atoms with van der Waals surface area (Å²) >= 11 is 4.04. The van der Waals surface area contributed by atoms with E-state index in [4.69, 9.17) is 4.74 Å². The van der Waals surface area contributed by atoms with Gasteiger partial charge in [-0.3, -0.25) is 4.79 Å². The van der Waals surface area contributed by atoms with Crippen LogP contribution >= 0.6 is 12.6 Å². The minimum absolute atomic E-state index is 0.186. The molecule has 0 aromatic carbocycles. The van der Waals surface area contributed by atoms with E-state index in [9.17, 15) is 4.79 Å². The standard InChI is InChI=1S/C9H17NO2S/c1-9(2)7-10(4-5-12-9)8(11)3-6-13/h13H,3-7H2,1-2H3. The first-order chi connectivity index (χ1) is 6.05. The van der Waals surface area contributed by atoms with Crippen molar-refractivity contribution in [3.05, 3.63) is 0 Å². The number of nitrogens with zero attached hydrogens (tertiary/aromatic N) is 1. The molecule has 1 fully saturated rings. The van der Waals surface area contributed by atoms with Crippen molar-refractivity contribution in [2.45, 2.75) is 25.9 Å². The van der Waals surface area contributed by atoms with E-state index >= 15 is 0 Å². The Kier molecular flexibility index (Phi) is 3.62. The van der Waals surface area contributed by atoms with Gasteiger partial charge in [0, 0.05) is 19.5 Å². The molecule has 0 bridgehead atoms. The van der Waals surface area contributed by atoms with Gasteiger partial charge in [-0.25, -0.2) is 0 Å². The van der Waals surface area contributed by atoms with Crippen LogP contribution in [-0.4, -0.2) is 41.9 Å². The maximum absolute atomic E-state index is 11.5. The topological polar surface area (TPSA) is 29.5 Å². The van der Waals surface area contributed by atoms with Crippen LogP contribution in [0.25, 0.3) is 0 Å². The highest BCUT2D eigenvalue weighted by molar-refractivity contribution is 7.80. The molecule has 0 unspecified atom stereocenters. The fourth-order valence-electron chi connectivity index (χ4n) is 1.48. The summed E-state index contributed by atoms with van der Waals surface area (Å²) < 4.78 is 5.51. The molecule has 1 aliphatic heterocycles. The molecular weight excluding hydrogens is 186 g/mol. The van der Waals surface area contributed by atoms with E-state index in [2.05, 4.69) is 12.6 Å². The predicted octanol–water partition coefficient (Wildman–Crippen LogP) is 0.944. The highest BCUT2D eigenvalue weighted by Gasteiger charge is 2.29. The molecule has 1 rings (SSSR count). The molecule has 1 aliphatic rings. The Labute approximate surface area is 84.8 Å². The van der Waals surface area contributed by atoms with Crippen molar-refractivity contribution in [1.82, 2.24) is 4.90 Å². The van der Waals surface area contributed by atoms with Crippen LogP contribution in [0.15, 0.2) is 0 Å². The third-order valence-electron chi connectivity index (χ3n) is 2.10. The molecule has 0 aliphatic carbocycles. The van der Waals surface area contributed by atoms with Gasteiger partial charge in [0.15, 0.2) is 0 Å². The van der Waals surface area contributed by atoms with Crippen LogP contribution in [0.5, 0.6) is 0 Å². The molecule has 3 nitrogen and oxygen atoms in total. The molecule has 0 atom stereocenters. The van der Waals surface area contributed by atoms with Crippen LogP contribution in [0.1, 0.15) is 20.3 Å².